The van der Waals surface area contributed by atoms with E-state index < -0.39 is 0 Å². The SMILES string of the molecule is CCc1ccccc1NC(=O)CN(C)C(=O)c1cc(Cl)ccc1OC(C)C. The Morgan fingerprint density at radius 1 is 1.19 bits per heavy atom. The van der Waals surface area contributed by atoms with Crippen LogP contribution in [-0.4, -0.2) is 36.4 Å². The predicted octanol–water partition coefficient (Wildman–Crippen LogP) is 4.40. The van der Waals surface area contributed by atoms with Crippen LogP contribution in [0.2, 0.25) is 5.02 Å². The van der Waals surface area contributed by atoms with Crippen LogP contribution in [0.5, 0.6) is 5.75 Å². The molecule has 144 valence electrons. The molecule has 0 aliphatic carbocycles. The lowest BCUT2D eigenvalue weighted by Crippen LogP contribution is -2.35. The summed E-state index contributed by atoms with van der Waals surface area (Å²) in [6.45, 7) is 5.71. The summed E-state index contributed by atoms with van der Waals surface area (Å²) in [6.07, 6.45) is 0.723. The molecule has 2 aromatic carbocycles. The first-order valence-corrected chi connectivity index (χ1v) is 9.29. The van der Waals surface area contributed by atoms with Crippen molar-refractivity contribution in [2.75, 3.05) is 18.9 Å². The first-order chi connectivity index (χ1) is 12.8. The Kier molecular flexibility index (Phi) is 7.25. The Bertz CT molecular complexity index is 821. The predicted molar refractivity (Wildman–Crippen MR) is 109 cm³/mol. The lowest BCUT2D eigenvalue weighted by atomic mass is 10.1. The standard InChI is InChI=1S/C21H25ClN2O3/c1-5-15-8-6-7-9-18(15)23-20(25)13-24(4)21(26)17-12-16(22)10-11-19(17)27-14(2)3/h6-12,14H,5,13H2,1-4H3,(H,23,25). The van der Waals surface area contributed by atoms with Gasteiger partial charge in [0.2, 0.25) is 5.91 Å². The quantitative estimate of drug-likeness (QED) is 0.764. The van der Waals surface area contributed by atoms with Gasteiger partial charge >= 0.3 is 0 Å². The highest BCUT2D eigenvalue weighted by atomic mass is 35.5. The monoisotopic (exact) mass is 388 g/mol. The molecule has 0 atom stereocenters. The Hall–Kier alpha value is -2.53. The van der Waals surface area contributed by atoms with Crippen LogP contribution in [0.4, 0.5) is 5.69 Å². The molecule has 0 aliphatic heterocycles. The van der Waals surface area contributed by atoms with Crippen molar-refractivity contribution in [2.45, 2.75) is 33.3 Å². The summed E-state index contributed by atoms with van der Waals surface area (Å²) in [5, 5.41) is 3.30. The van der Waals surface area contributed by atoms with Crippen molar-refractivity contribution in [2.24, 2.45) is 0 Å². The topological polar surface area (TPSA) is 58.6 Å². The maximum atomic E-state index is 12.8. The van der Waals surface area contributed by atoms with Gasteiger partial charge in [-0.05, 0) is 50.1 Å². The Morgan fingerprint density at radius 3 is 2.56 bits per heavy atom. The minimum atomic E-state index is -0.327. The highest BCUT2D eigenvalue weighted by molar-refractivity contribution is 6.31. The number of aryl methyl sites for hydroxylation is 1. The second kappa shape index (κ2) is 9.42. The van der Waals surface area contributed by atoms with E-state index in [9.17, 15) is 9.59 Å². The molecule has 0 saturated carbocycles. The molecular formula is C21H25ClN2O3. The number of para-hydroxylation sites is 1. The number of hydrogen-bond acceptors (Lipinski definition) is 3. The van der Waals surface area contributed by atoms with Gasteiger partial charge in [-0.2, -0.15) is 0 Å². The van der Waals surface area contributed by atoms with Crippen LogP contribution in [0.1, 0.15) is 36.7 Å². The van der Waals surface area contributed by atoms with Crippen molar-refractivity contribution in [3.8, 4) is 5.75 Å². The number of anilines is 1. The fourth-order valence-corrected chi connectivity index (χ4v) is 2.83. The second-order valence-electron chi connectivity index (χ2n) is 6.53. The zero-order valence-electron chi connectivity index (χ0n) is 16.1. The number of nitrogens with one attached hydrogen (secondary N) is 1. The maximum Gasteiger partial charge on any atom is 0.257 e. The van der Waals surface area contributed by atoms with Gasteiger partial charge in [-0.1, -0.05) is 36.7 Å². The molecule has 0 radical (unpaired) electrons. The summed E-state index contributed by atoms with van der Waals surface area (Å²) in [7, 11) is 1.58. The van der Waals surface area contributed by atoms with Crippen molar-refractivity contribution in [1.29, 1.82) is 0 Å². The Balaban J connectivity index is 2.11. The van der Waals surface area contributed by atoms with E-state index in [1.165, 1.54) is 4.90 Å². The molecule has 6 heteroatoms. The maximum absolute atomic E-state index is 12.8. The second-order valence-corrected chi connectivity index (χ2v) is 6.96. The number of carbonyl (C=O) groups is 2. The van der Waals surface area contributed by atoms with Crippen LogP contribution in [0.3, 0.4) is 0 Å². The lowest BCUT2D eigenvalue weighted by Gasteiger charge is -2.20. The molecule has 0 spiro atoms. The minimum absolute atomic E-state index is 0.0789. The molecule has 0 aromatic heterocycles. The van der Waals surface area contributed by atoms with Gasteiger partial charge in [-0.15, -0.1) is 0 Å². The van der Waals surface area contributed by atoms with Crippen LogP contribution in [0, 0.1) is 0 Å². The molecule has 5 nitrogen and oxygen atoms in total. The highest BCUT2D eigenvalue weighted by Crippen LogP contribution is 2.25. The van der Waals surface area contributed by atoms with Gasteiger partial charge in [0.1, 0.15) is 5.75 Å². The van der Waals surface area contributed by atoms with Gasteiger partial charge in [0, 0.05) is 17.8 Å². The highest BCUT2D eigenvalue weighted by Gasteiger charge is 2.20. The summed E-state index contributed by atoms with van der Waals surface area (Å²) in [6, 6.07) is 12.5. The van der Waals surface area contributed by atoms with Gasteiger partial charge in [0.15, 0.2) is 0 Å². The molecule has 0 aliphatic rings. The number of halogens is 1. The molecule has 2 aromatic rings. The molecule has 0 fully saturated rings. The number of likely N-dealkylation sites (N-methyl/N-ethyl adjacent to an activating group) is 1. The summed E-state index contributed by atoms with van der Waals surface area (Å²) in [4.78, 5) is 26.6. The average molecular weight is 389 g/mol. The van der Waals surface area contributed by atoms with Crippen molar-refractivity contribution in [1.82, 2.24) is 4.90 Å². The fraction of sp³-hybridized carbons (Fsp3) is 0.333. The van der Waals surface area contributed by atoms with Gasteiger partial charge in [0.25, 0.3) is 5.91 Å². The van der Waals surface area contributed by atoms with Crippen molar-refractivity contribution < 1.29 is 14.3 Å². The zero-order chi connectivity index (χ0) is 20.0. The molecule has 0 bridgehead atoms. The van der Waals surface area contributed by atoms with E-state index in [2.05, 4.69) is 5.32 Å². The Labute approximate surface area is 165 Å². The molecule has 0 heterocycles. The van der Waals surface area contributed by atoms with Gasteiger partial charge in [-0.3, -0.25) is 9.59 Å². The van der Waals surface area contributed by atoms with E-state index in [0.29, 0.717) is 16.3 Å². The third kappa shape index (κ3) is 5.73. The van der Waals surface area contributed by atoms with E-state index in [4.69, 9.17) is 16.3 Å². The van der Waals surface area contributed by atoms with Crippen LogP contribution in [0.15, 0.2) is 42.5 Å². The summed E-state index contributed by atoms with van der Waals surface area (Å²) in [5.41, 5.74) is 2.14. The largest absolute Gasteiger partial charge is 0.490 e. The van der Waals surface area contributed by atoms with Crippen LogP contribution in [-0.2, 0) is 11.2 Å². The molecule has 0 saturated heterocycles. The van der Waals surface area contributed by atoms with E-state index in [-0.39, 0.29) is 24.5 Å². The number of benzene rings is 2. The van der Waals surface area contributed by atoms with Crippen LogP contribution >= 0.6 is 11.6 Å². The van der Waals surface area contributed by atoms with Crippen molar-refractivity contribution in [3.63, 3.8) is 0 Å². The number of nitrogens with zero attached hydrogens (tertiary/aromatic N) is 1. The van der Waals surface area contributed by atoms with Crippen molar-refractivity contribution >= 4 is 29.1 Å². The third-order valence-corrected chi connectivity index (χ3v) is 4.17. The lowest BCUT2D eigenvalue weighted by molar-refractivity contribution is -0.116. The van der Waals surface area contributed by atoms with Gasteiger partial charge in [-0.25, -0.2) is 0 Å². The van der Waals surface area contributed by atoms with Gasteiger partial charge in [0.05, 0.1) is 18.2 Å². The van der Waals surface area contributed by atoms with E-state index in [1.54, 1.807) is 25.2 Å². The molecule has 2 rings (SSSR count). The Morgan fingerprint density at radius 2 is 1.89 bits per heavy atom. The van der Waals surface area contributed by atoms with E-state index >= 15 is 0 Å². The number of ether oxygens (including phenoxy) is 1. The average Bonchev–Trinajstić information content (AvgIpc) is 2.62. The normalized spacial score (nSPS) is 10.6. The molecule has 2 amide bonds. The summed E-state index contributed by atoms with van der Waals surface area (Å²) in [5.74, 6) is -0.143. The van der Waals surface area contributed by atoms with E-state index in [1.807, 2.05) is 45.0 Å². The number of hydrogen-bond donors (Lipinski definition) is 1. The smallest absolute Gasteiger partial charge is 0.257 e. The number of carbonyl (C=O) groups excluding carboxylic acids is 2. The van der Waals surface area contributed by atoms with Crippen molar-refractivity contribution in [3.05, 3.63) is 58.6 Å². The summed E-state index contributed by atoms with van der Waals surface area (Å²) < 4.78 is 5.70. The molecular weight excluding hydrogens is 364 g/mol. The fourth-order valence-electron chi connectivity index (χ4n) is 2.66. The first kappa shape index (κ1) is 20.8. The number of rotatable bonds is 7. The first-order valence-electron chi connectivity index (χ1n) is 8.91. The van der Waals surface area contributed by atoms with Crippen LogP contribution in [0.25, 0.3) is 0 Å². The van der Waals surface area contributed by atoms with E-state index in [0.717, 1.165) is 17.7 Å². The van der Waals surface area contributed by atoms with Gasteiger partial charge < -0.3 is 15.0 Å². The number of amides is 2. The molecule has 1 N–H and O–H groups in total. The molecule has 0 unspecified atom stereocenters. The summed E-state index contributed by atoms with van der Waals surface area (Å²) >= 11 is 6.04. The van der Waals surface area contributed by atoms with Crippen LogP contribution < -0.4 is 10.1 Å². The minimum Gasteiger partial charge on any atom is -0.490 e. The zero-order valence-corrected chi connectivity index (χ0v) is 16.8. The molecule has 27 heavy (non-hydrogen) atoms. The third-order valence-electron chi connectivity index (χ3n) is 3.93.